The van der Waals surface area contributed by atoms with Gasteiger partial charge in [-0.25, -0.2) is 8.78 Å². The molecular weight excluding hydrogens is 448 g/mol. The van der Waals surface area contributed by atoms with Gasteiger partial charge in [0, 0.05) is 42.7 Å². The van der Waals surface area contributed by atoms with E-state index in [2.05, 4.69) is 36.3 Å². The number of hydrogen-bond donors (Lipinski definition) is 2. The second-order valence-electron chi connectivity index (χ2n) is 11.1. The van der Waals surface area contributed by atoms with Crippen LogP contribution in [0.15, 0.2) is 30.5 Å². The van der Waals surface area contributed by atoms with Crippen molar-refractivity contribution in [2.75, 3.05) is 0 Å². The first-order valence-electron chi connectivity index (χ1n) is 13.3. The Labute approximate surface area is 206 Å². The van der Waals surface area contributed by atoms with Crippen LogP contribution in [-0.4, -0.2) is 40.8 Å². The minimum atomic E-state index is -2.50. The summed E-state index contributed by atoms with van der Waals surface area (Å²) in [6.07, 6.45) is 6.93. The number of nitrogens with one attached hydrogen (secondary N) is 2. The van der Waals surface area contributed by atoms with E-state index in [1.807, 2.05) is 6.07 Å². The normalized spacial score (nSPS) is 30.2. The van der Waals surface area contributed by atoms with Crippen molar-refractivity contribution in [1.82, 2.24) is 15.5 Å². The van der Waals surface area contributed by atoms with Crippen molar-refractivity contribution in [1.29, 1.82) is 0 Å². The van der Waals surface area contributed by atoms with E-state index in [1.54, 1.807) is 4.90 Å². The summed E-state index contributed by atoms with van der Waals surface area (Å²) in [5, 5.41) is 6.56. The Morgan fingerprint density at radius 2 is 1.86 bits per heavy atom. The fraction of sp³-hybridized carbons (Fsp3) is 0.643. The number of nitrogens with zero attached hydrogens (tertiary/aromatic N) is 1. The van der Waals surface area contributed by atoms with Crippen molar-refractivity contribution in [2.24, 2.45) is 5.92 Å². The smallest absolute Gasteiger partial charge is 0.255 e. The summed E-state index contributed by atoms with van der Waals surface area (Å²) in [5.74, 6) is -1.98. The van der Waals surface area contributed by atoms with Crippen molar-refractivity contribution in [2.45, 2.75) is 108 Å². The molecule has 0 radical (unpaired) electrons. The number of hydrogen-bond acceptors (Lipinski definition) is 3. The number of alkyl halides is 2. The Morgan fingerprint density at radius 3 is 2.60 bits per heavy atom. The number of fused-ring (bicyclic) bond motifs is 1. The molecule has 2 saturated carbocycles. The molecule has 5 nitrogen and oxygen atoms in total. The van der Waals surface area contributed by atoms with Gasteiger partial charge in [-0.15, -0.1) is 0 Å². The Morgan fingerprint density at radius 1 is 1.11 bits per heavy atom. The fourth-order valence-electron chi connectivity index (χ4n) is 6.68. The number of benzene rings is 1. The van der Waals surface area contributed by atoms with E-state index in [0.29, 0.717) is 61.4 Å². The third-order valence-corrected chi connectivity index (χ3v) is 8.81. The van der Waals surface area contributed by atoms with Crippen molar-refractivity contribution in [3.8, 4) is 0 Å². The lowest BCUT2D eigenvalue weighted by molar-refractivity contribution is -0.126. The first-order valence-corrected chi connectivity index (χ1v) is 13.3. The highest BCUT2D eigenvalue weighted by Gasteiger charge is 2.40. The molecule has 2 heterocycles. The van der Waals surface area contributed by atoms with E-state index in [1.165, 1.54) is 18.4 Å². The third kappa shape index (κ3) is 5.02. The van der Waals surface area contributed by atoms with Crippen LogP contribution < -0.4 is 10.6 Å². The van der Waals surface area contributed by atoms with Crippen LogP contribution in [0.5, 0.6) is 0 Å². The molecular formula is C28H37F2N3O2. The highest BCUT2D eigenvalue weighted by atomic mass is 19.3. The largest absolute Gasteiger partial charge is 0.329 e. The highest BCUT2D eigenvalue weighted by Crippen LogP contribution is 2.40. The van der Waals surface area contributed by atoms with Crippen LogP contribution in [0.4, 0.5) is 8.78 Å². The van der Waals surface area contributed by atoms with Crippen LogP contribution in [0.1, 0.15) is 98.5 Å². The van der Waals surface area contributed by atoms with Gasteiger partial charge in [0.2, 0.25) is 11.8 Å². The van der Waals surface area contributed by atoms with Crippen molar-refractivity contribution in [3.05, 3.63) is 47.2 Å². The Balaban J connectivity index is 1.28. The number of piperidine rings is 1. The molecule has 7 heteroatoms. The molecule has 2 aliphatic heterocycles. The van der Waals surface area contributed by atoms with Crippen LogP contribution in [-0.2, 0) is 11.3 Å². The number of halogens is 2. The van der Waals surface area contributed by atoms with Crippen LogP contribution in [0.2, 0.25) is 0 Å². The van der Waals surface area contributed by atoms with Gasteiger partial charge in [0.1, 0.15) is 6.04 Å². The summed E-state index contributed by atoms with van der Waals surface area (Å²) in [4.78, 5) is 27.3. The van der Waals surface area contributed by atoms with E-state index in [9.17, 15) is 18.4 Å². The molecule has 3 fully saturated rings. The quantitative estimate of drug-likeness (QED) is 0.598. The zero-order chi connectivity index (χ0) is 24.7. The van der Waals surface area contributed by atoms with Crippen molar-refractivity contribution >= 4 is 11.8 Å². The first-order chi connectivity index (χ1) is 16.7. The van der Waals surface area contributed by atoms with Gasteiger partial charge in [0.25, 0.3) is 5.91 Å². The lowest BCUT2D eigenvalue weighted by Crippen LogP contribution is -2.49. The maximum Gasteiger partial charge on any atom is 0.255 e. The molecule has 0 aromatic heterocycles. The average molecular weight is 486 g/mol. The zero-order valence-electron chi connectivity index (χ0n) is 20.6. The predicted molar refractivity (Wildman–Crippen MR) is 131 cm³/mol. The van der Waals surface area contributed by atoms with E-state index in [-0.39, 0.29) is 30.7 Å². The Hall–Kier alpha value is -2.28. The van der Waals surface area contributed by atoms with Gasteiger partial charge in [0.05, 0.1) is 0 Å². The predicted octanol–water partition coefficient (Wildman–Crippen LogP) is 5.26. The molecule has 1 saturated heterocycles. The van der Waals surface area contributed by atoms with Gasteiger partial charge < -0.3 is 15.5 Å². The lowest BCUT2D eigenvalue weighted by atomic mass is 9.73. The maximum atomic E-state index is 13.6. The minimum Gasteiger partial charge on any atom is -0.329 e. The summed E-state index contributed by atoms with van der Waals surface area (Å²) in [7, 11) is 0. The second-order valence-corrected chi connectivity index (χ2v) is 11.1. The molecule has 5 rings (SSSR count). The molecule has 1 aromatic rings. The van der Waals surface area contributed by atoms with E-state index in [4.69, 9.17) is 0 Å². The van der Waals surface area contributed by atoms with Crippen LogP contribution in [0.25, 0.3) is 0 Å². The van der Waals surface area contributed by atoms with E-state index in [0.717, 1.165) is 18.4 Å². The fourth-order valence-corrected chi connectivity index (χ4v) is 6.68. The minimum absolute atomic E-state index is 0.0138. The number of carbonyl (C=O) groups excluding carboxylic acids is 2. The van der Waals surface area contributed by atoms with E-state index >= 15 is 0 Å². The van der Waals surface area contributed by atoms with Crippen LogP contribution >= 0.6 is 0 Å². The van der Waals surface area contributed by atoms with Crippen molar-refractivity contribution < 1.29 is 18.4 Å². The number of amides is 2. The van der Waals surface area contributed by atoms with E-state index < -0.39 is 12.0 Å². The number of rotatable bonds is 5. The Kier molecular flexibility index (Phi) is 6.73. The van der Waals surface area contributed by atoms with Gasteiger partial charge in [-0.2, -0.15) is 0 Å². The zero-order valence-corrected chi connectivity index (χ0v) is 20.6. The summed E-state index contributed by atoms with van der Waals surface area (Å²) < 4.78 is 27.2. The second kappa shape index (κ2) is 9.64. The van der Waals surface area contributed by atoms with Gasteiger partial charge in [-0.05, 0) is 67.6 Å². The maximum absolute atomic E-state index is 13.6. The average Bonchev–Trinajstić information content (AvgIpc) is 3.16. The monoisotopic (exact) mass is 485 g/mol. The van der Waals surface area contributed by atoms with Crippen molar-refractivity contribution in [3.63, 3.8) is 0 Å². The van der Waals surface area contributed by atoms with Gasteiger partial charge in [-0.1, -0.05) is 38.5 Å². The molecule has 1 aromatic carbocycles. The molecule has 2 aliphatic carbocycles. The molecule has 35 heavy (non-hydrogen) atoms. The van der Waals surface area contributed by atoms with Crippen LogP contribution in [0, 0.1) is 5.92 Å². The number of carbonyl (C=O) groups is 2. The molecule has 2 unspecified atom stereocenters. The highest BCUT2D eigenvalue weighted by molar-refractivity contribution is 6.01. The summed E-state index contributed by atoms with van der Waals surface area (Å²) in [5.41, 5.74) is 3.61. The van der Waals surface area contributed by atoms with Gasteiger partial charge in [-0.3, -0.25) is 9.59 Å². The Bertz CT molecular complexity index is 1000. The molecule has 4 aliphatic rings. The number of allylic oxidation sites excluding steroid dienone is 1. The molecule has 2 amide bonds. The molecule has 190 valence electrons. The van der Waals surface area contributed by atoms with Gasteiger partial charge in [0.15, 0.2) is 0 Å². The molecule has 2 N–H and O–H groups in total. The van der Waals surface area contributed by atoms with Crippen LogP contribution in [0.3, 0.4) is 0 Å². The summed E-state index contributed by atoms with van der Waals surface area (Å²) in [6.45, 7) is 6.56. The summed E-state index contributed by atoms with van der Waals surface area (Å²) >= 11 is 0. The molecule has 4 atom stereocenters. The first kappa shape index (κ1) is 24.4. The SMILES string of the molecule is C=C1CCC(N2Cc3cc(C(C)[C@H]4CCCC[C@@H]4NC4CCC(F)(F)CC4)ccc3C2=O)C(=O)N1. The standard InChI is InChI=1S/C28H37F2N3O2/c1-17-7-10-25(26(34)31-17)33-16-20-15-19(8-9-23(20)27(33)35)18(2)22-5-3-4-6-24(22)32-21-11-13-28(29,30)14-12-21/h8-9,15,18,21-22,24-25,32H,1,3-7,10-14,16H2,2H3,(H,31,34)/t18?,22-,24+,25?/m1/s1. The lowest BCUT2D eigenvalue weighted by Gasteiger charge is -2.40. The van der Waals surface area contributed by atoms with Gasteiger partial charge >= 0.3 is 0 Å². The molecule has 0 spiro atoms. The third-order valence-electron chi connectivity index (χ3n) is 8.81. The molecule has 0 bridgehead atoms. The summed E-state index contributed by atoms with van der Waals surface area (Å²) in [6, 6.07) is 6.22. The topological polar surface area (TPSA) is 61.4 Å².